The lowest BCUT2D eigenvalue weighted by Gasteiger charge is -2.26. The lowest BCUT2D eigenvalue weighted by Crippen LogP contribution is -2.44. The van der Waals surface area contributed by atoms with Crippen LogP contribution < -0.4 is 5.73 Å². The SMILES string of the molecule is Nc1cnc(-c2ccccc2)nc1C(F)(F)OC(F)(F)COC(F)(F)C(F)(F)F. The molecule has 0 spiro atoms. The first-order valence-electron chi connectivity index (χ1n) is 7.37. The normalized spacial score (nSPS) is 13.6. The Hall–Kier alpha value is -2.61. The summed E-state index contributed by atoms with van der Waals surface area (Å²) in [5.41, 5.74) is 3.00. The molecule has 160 valence electrons. The highest BCUT2D eigenvalue weighted by Crippen LogP contribution is 2.41. The maximum atomic E-state index is 14.1. The van der Waals surface area contributed by atoms with Gasteiger partial charge in [0.25, 0.3) is 0 Å². The van der Waals surface area contributed by atoms with Crippen molar-refractivity contribution in [2.45, 2.75) is 24.5 Å². The van der Waals surface area contributed by atoms with E-state index < -0.39 is 42.5 Å². The molecular weight excluding hydrogens is 425 g/mol. The number of aromatic nitrogens is 2. The smallest absolute Gasteiger partial charge is 0.396 e. The van der Waals surface area contributed by atoms with Gasteiger partial charge in [-0.05, 0) is 0 Å². The number of anilines is 1. The second-order valence-corrected chi connectivity index (χ2v) is 5.42. The number of nitrogens with zero attached hydrogens (tertiary/aromatic N) is 2. The molecule has 0 fully saturated rings. The Morgan fingerprint density at radius 3 is 2.03 bits per heavy atom. The fourth-order valence-corrected chi connectivity index (χ4v) is 1.87. The van der Waals surface area contributed by atoms with Gasteiger partial charge >= 0.3 is 24.5 Å². The molecule has 0 aliphatic heterocycles. The molecule has 0 unspecified atom stereocenters. The first-order chi connectivity index (χ1) is 13.1. The second-order valence-electron chi connectivity index (χ2n) is 5.42. The van der Waals surface area contributed by atoms with Crippen LogP contribution in [0, 0.1) is 0 Å². The van der Waals surface area contributed by atoms with Gasteiger partial charge in [-0.1, -0.05) is 30.3 Å². The Kier molecular flexibility index (Phi) is 5.99. The summed E-state index contributed by atoms with van der Waals surface area (Å²) in [5, 5.41) is 0. The van der Waals surface area contributed by atoms with Crippen LogP contribution in [0.15, 0.2) is 36.5 Å². The standard InChI is InChI=1S/C15H10F9N3O2/c16-12(17,7-28-15(23,24)14(20,21)22)29-13(18,19)10-9(25)6-26-11(27-10)8-4-2-1-3-5-8/h1-6H,7,25H2. The quantitative estimate of drug-likeness (QED) is 0.646. The number of benzene rings is 1. The fraction of sp³-hybridized carbons (Fsp3) is 0.333. The molecule has 1 aromatic heterocycles. The number of ether oxygens (including phenoxy) is 2. The van der Waals surface area contributed by atoms with E-state index in [0.29, 0.717) is 6.20 Å². The van der Waals surface area contributed by atoms with Crippen molar-refractivity contribution in [3.8, 4) is 11.4 Å². The van der Waals surface area contributed by atoms with Gasteiger partial charge < -0.3 is 10.5 Å². The summed E-state index contributed by atoms with van der Waals surface area (Å²) in [4.78, 5) is 6.99. The van der Waals surface area contributed by atoms with Crippen molar-refractivity contribution in [1.82, 2.24) is 9.97 Å². The third-order valence-corrected chi connectivity index (χ3v) is 3.15. The van der Waals surface area contributed by atoms with Gasteiger partial charge in [-0.25, -0.2) is 14.7 Å². The zero-order valence-corrected chi connectivity index (χ0v) is 13.9. The Balaban J connectivity index is 2.24. The molecule has 29 heavy (non-hydrogen) atoms. The highest BCUT2D eigenvalue weighted by atomic mass is 19.4. The fourth-order valence-electron chi connectivity index (χ4n) is 1.87. The zero-order valence-electron chi connectivity index (χ0n) is 13.9. The maximum absolute atomic E-state index is 14.1. The molecule has 2 rings (SSSR count). The van der Waals surface area contributed by atoms with E-state index in [2.05, 4.69) is 19.4 Å². The van der Waals surface area contributed by atoms with E-state index in [9.17, 15) is 39.5 Å². The third-order valence-electron chi connectivity index (χ3n) is 3.15. The molecule has 14 heteroatoms. The highest BCUT2D eigenvalue weighted by molar-refractivity contribution is 5.57. The second kappa shape index (κ2) is 7.67. The minimum atomic E-state index is -6.34. The van der Waals surface area contributed by atoms with Crippen LogP contribution in [0.2, 0.25) is 0 Å². The van der Waals surface area contributed by atoms with Crippen molar-refractivity contribution in [1.29, 1.82) is 0 Å². The first-order valence-corrected chi connectivity index (χ1v) is 7.37. The van der Waals surface area contributed by atoms with E-state index >= 15 is 0 Å². The molecule has 0 radical (unpaired) electrons. The Bertz CT molecular complexity index is 845. The minimum Gasteiger partial charge on any atom is -0.396 e. The van der Waals surface area contributed by atoms with Crippen molar-refractivity contribution in [3.63, 3.8) is 0 Å². The van der Waals surface area contributed by atoms with Gasteiger partial charge in [0.05, 0.1) is 11.9 Å². The van der Waals surface area contributed by atoms with Crippen molar-refractivity contribution < 1.29 is 49.0 Å². The number of rotatable bonds is 7. The summed E-state index contributed by atoms with van der Waals surface area (Å²) in [6.07, 6.45) is -21.9. The van der Waals surface area contributed by atoms with Crippen LogP contribution in [0.25, 0.3) is 11.4 Å². The van der Waals surface area contributed by atoms with Crippen molar-refractivity contribution in [3.05, 3.63) is 42.2 Å². The number of hydrogen-bond acceptors (Lipinski definition) is 5. The van der Waals surface area contributed by atoms with Gasteiger partial charge in [0.2, 0.25) is 0 Å². The number of alkyl halides is 9. The number of nitrogen functional groups attached to an aromatic ring is 1. The molecule has 1 aromatic carbocycles. The molecule has 1 heterocycles. The predicted molar refractivity (Wildman–Crippen MR) is 78.8 cm³/mol. The number of hydrogen-bond donors (Lipinski definition) is 1. The van der Waals surface area contributed by atoms with Crippen molar-refractivity contribution in [2.24, 2.45) is 0 Å². The molecule has 5 nitrogen and oxygen atoms in total. The van der Waals surface area contributed by atoms with Crippen molar-refractivity contribution >= 4 is 5.69 Å². The topological polar surface area (TPSA) is 70.3 Å². The monoisotopic (exact) mass is 435 g/mol. The van der Waals surface area contributed by atoms with E-state index in [4.69, 9.17) is 5.73 Å². The Morgan fingerprint density at radius 2 is 1.48 bits per heavy atom. The van der Waals surface area contributed by atoms with Crippen LogP contribution in [0.1, 0.15) is 5.69 Å². The van der Waals surface area contributed by atoms with E-state index in [1.165, 1.54) is 24.3 Å². The Labute approximate surface area is 156 Å². The molecule has 2 aromatic rings. The molecule has 0 saturated carbocycles. The van der Waals surface area contributed by atoms with E-state index in [1.54, 1.807) is 6.07 Å². The molecule has 0 atom stereocenters. The molecule has 0 bridgehead atoms. The molecule has 0 amide bonds. The third kappa shape index (κ3) is 5.47. The molecule has 0 aliphatic rings. The first kappa shape index (κ1) is 22.7. The van der Waals surface area contributed by atoms with Crippen molar-refractivity contribution in [2.75, 3.05) is 12.3 Å². The highest BCUT2D eigenvalue weighted by Gasteiger charge is 2.61. The summed E-state index contributed by atoms with van der Waals surface area (Å²) in [5.74, 6) is -0.360. The van der Waals surface area contributed by atoms with Crippen LogP contribution in [0.5, 0.6) is 0 Å². The molecule has 2 N–H and O–H groups in total. The van der Waals surface area contributed by atoms with Crippen LogP contribution in [-0.2, 0) is 15.6 Å². The molecule has 0 saturated heterocycles. The lowest BCUT2D eigenvalue weighted by molar-refractivity contribution is -0.438. The average molecular weight is 435 g/mol. The summed E-state index contributed by atoms with van der Waals surface area (Å²) in [6, 6.07) is 7.37. The van der Waals surface area contributed by atoms with Gasteiger partial charge in [-0.15, -0.1) is 0 Å². The predicted octanol–water partition coefficient (Wildman–Crippen LogP) is 4.56. The molecular formula is C15H10F9N3O2. The van der Waals surface area contributed by atoms with Crippen LogP contribution >= 0.6 is 0 Å². The van der Waals surface area contributed by atoms with E-state index in [-0.39, 0.29) is 11.4 Å². The zero-order chi connectivity index (χ0) is 22.1. The van der Waals surface area contributed by atoms with Gasteiger partial charge in [0, 0.05) is 5.56 Å². The average Bonchev–Trinajstić information content (AvgIpc) is 2.59. The van der Waals surface area contributed by atoms with Crippen LogP contribution in [-0.4, -0.2) is 35.0 Å². The summed E-state index contributed by atoms with van der Waals surface area (Å²) >= 11 is 0. The maximum Gasteiger partial charge on any atom is 0.482 e. The Morgan fingerprint density at radius 1 is 0.897 bits per heavy atom. The van der Waals surface area contributed by atoms with Crippen LogP contribution in [0.4, 0.5) is 45.2 Å². The number of halogens is 9. The summed E-state index contributed by atoms with van der Waals surface area (Å²) in [6.45, 7) is -2.83. The summed E-state index contributed by atoms with van der Waals surface area (Å²) < 4.78 is 122. The van der Waals surface area contributed by atoms with Crippen LogP contribution in [0.3, 0.4) is 0 Å². The lowest BCUT2D eigenvalue weighted by atomic mass is 10.2. The van der Waals surface area contributed by atoms with E-state index in [1.807, 2.05) is 0 Å². The van der Waals surface area contributed by atoms with Gasteiger partial charge in [0.1, 0.15) is 6.61 Å². The molecule has 0 aliphatic carbocycles. The summed E-state index contributed by atoms with van der Waals surface area (Å²) in [7, 11) is 0. The van der Waals surface area contributed by atoms with Gasteiger partial charge in [-0.3, -0.25) is 0 Å². The minimum absolute atomic E-state index is 0.199. The largest absolute Gasteiger partial charge is 0.482 e. The van der Waals surface area contributed by atoms with Gasteiger partial charge in [0.15, 0.2) is 11.5 Å². The van der Waals surface area contributed by atoms with Gasteiger partial charge in [-0.2, -0.15) is 39.5 Å². The number of nitrogens with two attached hydrogens (primary N) is 1. The van der Waals surface area contributed by atoms with E-state index in [0.717, 1.165) is 0 Å².